The van der Waals surface area contributed by atoms with Crippen molar-refractivity contribution in [1.82, 2.24) is 0 Å². The van der Waals surface area contributed by atoms with E-state index in [4.69, 9.17) is 4.74 Å². The smallest absolute Gasteiger partial charge is 0.255 e. The zero-order chi connectivity index (χ0) is 17.1. The lowest BCUT2D eigenvalue weighted by Crippen LogP contribution is -2.15. The first kappa shape index (κ1) is 15.9. The van der Waals surface area contributed by atoms with Crippen molar-refractivity contribution in [3.63, 3.8) is 0 Å². The number of nitrogens with one attached hydrogen (secondary N) is 1. The maximum Gasteiger partial charge on any atom is 0.255 e. The minimum Gasteiger partial charge on any atom is -0.494 e. The maximum atomic E-state index is 12.4. The molecule has 0 aromatic heterocycles. The van der Waals surface area contributed by atoms with Gasteiger partial charge in [0, 0.05) is 28.9 Å². The van der Waals surface area contributed by atoms with Crippen molar-refractivity contribution >= 4 is 28.8 Å². The van der Waals surface area contributed by atoms with E-state index in [2.05, 4.69) is 10.3 Å². The number of Topliss-reactive ketones (excluding diaryl/α,β-unsaturated/α-hetero) is 1. The molecule has 3 rings (SSSR count). The van der Waals surface area contributed by atoms with E-state index in [0.29, 0.717) is 35.5 Å². The van der Waals surface area contributed by atoms with Crippen LogP contribution in [-0.4, -0.2) is 24.0 Å². The predicted molar refractivity (Wildman–Crippen MR) is 93.7 cm³/mol. The van der Waals surface area contributed by atoms with Crippen molar-refractivity contribution in [3.8, 4) is 5.75 Å². The Morgan fingerprint density at radius 2 is 1.96 bits per heavy atom. The summed E-state index contributed by atoms with van der Waals surface area (Å²) in [7, 11) is 0. The van der Waals surface area contributed by atoms with Crippen LogP contribution >= 0.6 is 0 Å². The molecule has 5 heteroatoms. The molecule has 0 radical (unpaired) electrons. The molecular weight excluding hydrogens is 304 g/mol. The van der Waals surface area contributed by atoms with Crippen molar-refractivity contribution < 1.29 is 14.3 Å². The summed E-state index contributed by atoms with van der Waals surface area (Å²) in [6.07, 6.45) is 0.303. The standard InChI is InChI=1S/C19H18N2O3/c1-3-24-15-7-5-14(6-8-15)21-19(23)13-4-9-17-16(11-13)18(22)10-12(2)20-17/h4-9,11H,3,10H2,1-2H3,(H,21,23). The summed E-state index contributed by atoms with van der Waals surface area (Å²) in [6, 6.07) is 12.2. The van der Waals surface area contributed by atoms with Crippen LogP contribution in [0.15, 0.2) is 47.5 Å². The van der Waals surface area contributed by atoms with Gasteiger partial charge in [0.1, 0.15) is 5.75 Å². The fourth-order valence-electron chi connectivity index (χ4n) is 2.58. The second-order valence-corrected chi connectivity index (χ2v) is 5.59. The molecule has 0 unspecified atom stereocenters. The third-order valence-electron chi connectivity index (χ3n) is 3.71. The van der Waals surface area contributed by atoms with Gasteiger partial charge in [-0.3, -0.25) is 14.6 Å². The minimum atomic E-state index is -0.263. The first-order valence-electron chi connectivity index (χ1n) is 7.82. The Labute approximate surface area is 140 Å². The number of nitrogens with zero attached hydrogens (tertiary/aromatic N) is 1. The number of hydrogen-bond donors (Lipinski definition) is 1. The molecule has 5 nitrogen and oxygen atoms in total. The summed E-state index contributed by atoms with van der Waals surface area (Å²) in [5.74, 6) is 0.484. The number of anilines is 1. The zero-order valence-electron chi connectivity index (χ0n) is 13.6. The van der Waals surface area contributed by atoms with Crippen LogP contribution in [0.5, 0.6) is 5.75 Å². The number of aliphatic imine (C=N–C) groups is 1. The molecule has 0 spiro atoms. The third kappa shape index (κ3) is 3.35. The van der Waals surface area contributed by atoms with Gasteiger partial charge in [-0.05, 0) is 56.3 Å². The van der Waals surface area contributed by atoms with Crippen molar-refractivity contribution in [1.29, 1.82) is 0 Å². The van der Waals surface area contributed by atoms with Crippen molar-refractivity contribution in [2.75, 3.05) is 11.9 Å². The summed E-state index contributed by atoms with van der Waals surface area (Å²) >= 11 is 0. The monoisotopic (exact) mass is 322 g/mol. The maximum absolute atomic E-state index is 12.4. The van der Waals surface area contributed by atoms with Gasteiger partial charge in [0.15, 0.2) is 5.78 Å². The topological polar surface area (TPSA) is 67.8 Å². The van der Waals surface area contributed by atoms with Crippen molar-refractivity contribution in [2.45, 2.75) is 20.3 Å². The van der Waals surface area contributed by atoms with E-state index in [9.17, 15) is 9.59 Å². The van der Waals surface area contributed by atoms with E-state index in [-0.39, 0.29) is 11.7 Å². The highest BCUT2D eigenvalue weighted by Crippen LogP contribution is 2.27. The Bertz CT molecular complexity index is 823. The Morgan fingerprint density at radius 3 is 2.67 bits per heavy atom. The molecule has 1 aliphatic rings. The fourth-order valence-corrected chi connectivity index (χ4v) is 2.58. The van der Waals surface area contributed by atoms with E-state index in [1.54, 1.807) is 42.5 Å². The largest absolute Gasteiger partial charge is 0.494 e. The van der Waals surface area contributed by atoms with Gasteiger partial charge in [0.05, 0.1) is 12.3 Å². The van der Waals surface area contributed by atoms with Gasteiger partial charge in [0.2, 0.25) is 0 Å². The van der Waals surface area contributed by atoms with Gasteiger partial charge in [-0.15, -0.1) is 0 Å². The minimum absolute atomic E-state index is 0.00628. The van der Waals surface area contributed by atoms with Gasteiger partial charge in [-0.2, -0.15) is 0 Å². The van der Waals surface area contributed by atoms with E-state index < -0.39 is 0 Å². The summed E-state index contributed by atoms with van der Waals surface area (Å²) < 4.78 is 5.37. The number of ether oxygens (including phenoxy) is 1. The second-order valence-electron chi connectivity index (χ2n) is 5.59. The molecule has 1 heterocycles. The fraction of sp³-hybridized carbons (Fsp3) is 0.211. The van der Waals surface area contributed by atoms with Crippen LogP contribution in [-0.2, 0) is 0 Å². The molecule has 0 fully saturated rings. The van der Waals surface area contributed by atoms with Crippen LogP contribution in [0.4, 0.5) is 11.4 Å². The lowest BCUT2D eigenvalue weighted by molar-refractivity contribution is 0.0999. The third-order valence-corrected chi connectivity index (χ3v) is 3.71. The highest BCUT2D eigenvalue weighted by Gasteiger charge is 2.19. The van der Waals surface area contributed by atoms with Gasteiger partial charge >= 0.3 is 0 Å². The van der Waals surface area contributed by atoms with E-state index in [1.807, 2.05) is 13.8 Å². The number of benzene rings is 2. The van der Waals surface area contributed by atoms with Crippen molar-refractivity contribution in [3.05, 3.63) is 53.6 Å². The first-order chi connectivity index (χ1) is 11.6. The summed E-state index contributed by atoms with van der Waals surface area (Å²) in [5, 5.41) is 2.82. The molecule has 1 aliphatic heterocycles. The van der Waals surface area contributed by atoms with Crippen molar-refractivity contribution in [2.24, 2.45) is 4.99 Å². The van der Waals surface area contributed by atoms with Gasteiger partial charge in [0.25, 0.3) is 5.91 Å². The SMILES string of the molecule is CCOc1ccc(NC(=O)c2ccc3c(c2)C(=O)CC(C)=N3)cc1. The average Bonchev–Trinajstić information content (AvgIpc) is 2.56. The highest BCUT2D eigenvalue weighted by molar-refractivity contribution is 6.16. The Morgan fingerprint density at radius 1 is 1.21 bits per heavy atom. The molecule has 0 saturated heterocycles. The number of carbonyl (C=O) groups excluding carboxylic acids is 2. The van der Waals surface area contributed by atoms with E-state index in [0.717, 1.165) is 11.5 Å². The lowest BCUT2D eigenvalue weighted by Gasteiger charge is -2.13. The molecule has 0 saturated carbocycles. The molecule has 0 atom stereocenters. The van der Waals surface area contributed by atoms with E-state index >= 15 is 0 Å². The van der Waals surface area contributed by atoms with Crippen LogP contribution in [0.3, 0.4) is 0 Å². The Balaban J connectivity index is 1.78. The molecule has 2 aromatic carbocycles. The van der Waals surface area contributed by atoms with Crippen LogP contribution in [0.1, 0.15) is 41.0 Å². The molecule has 24 heavy (non-hydrogen) atoms. The Hall–Kier alpha value is -2.95. The van der Waals surface area contributed by atoms with Crippen LogP contribution in [0.25, 0.3) is 0 Å². The van der Waals surface area contributed by atoms with Gasteiger partial charge < -0.3 is 10.1 Å². The quantitative estimate of drug-likeness (QED) is 0.924. The molecule has 0 aliphatic carbocycles. The number of carbonyl (C=O) groups is 2. The molecule has 122 valence electrons. The Kier molecular flexibility index (Phi) is 4.42. The summed E-state index contributed by atoms with van der Waals surface area (Å²) in [5.41, 5.74) is 3.02. The molecular formula is C19H18N2O3. The second kappa shape index (κ2) is 6.66. The van der Waals surface area contributed by atoms with Crippen LogP contribution < -0.4 is 10.1 Å². The van der Waals surface area contributed by atoms with Crippen LogP contribution in [0.2, 0.25) is 0 Å². The summed E-state index contributed by atoms with van der Waals surface area (Å²) in [4.78, 5) is 28.9. The zero-order valence-corrected chi connectivity index (χ0v) is 13.6. The van der Waals surface area contributed by atoms with E-state index in [1.165, 1.54) is 0 Å². The summed E-state index contributed by atoms with van der Waals surface area (Å²) in [6.45, 7) is 4.34. The number of hydrogen-bond acceptors (Lipinski definition) is 4. The van der Waals surface area contributed by atoms with Gasteiger partial charge in [-0.25, -0.2) is 0 Å². The number of amides is 1. The number of ketones is 1. The number of fused-ring (bicyclic) bond motifs is 1. The predicted octanol–water partition coefficient (Wildman–Crippen LogP) is 4.02. The average molecular weight is 322 g/mol. The first-order valence-corrected chi connectivity index (χ1v) is 7.82. The molecule has 1 amide bonds. The highest BCUT2D eigenvalue weighted by atomic mass is 16.5. The molecule has 1 N–H and O–H groups in total. The molecule has 0 bridgehead atoms. The van der Waals surface area contributed by atoms with Crippen LogP contribution in [0, 0.1) is 0 Å². The number of rotatable bonds is 4. The lowest BCUT2D eigenvalue weighted by atomic mass is 9.98. The normalized spacial score (nSPS) is 13.1. The van der Waals surface area contributed by atoms with Gasteiger partial charge in [-0.1, -0.05) is 0 Å². The molecule has 2 aromatic rings.